The predicted octanol–water partition coefficient (Wildman–Crippen LogP) is 4.61. The third-order valence-corrected chi connectivity index (χ3v) is 6.66. The van der Waals surface area contributed by atoms with E-state index in [0.29, 0.717) is 30.1 Å². The molecule has 1 aromatic heterocycles. The van der Waals surface area contributed by atoms with E-state index in [-0.39, 0.29) is 11.9 Å². The minimum absolute atomic E-state index is 0.0324. The van der Waals surface area contributed by atoms with Gasteiger partial charge in [-0.1, -0.05) is 29.8 Å². The molecule has 0 bridgehead atoms. The highest BCUT2D eigenvalue weighted by Crippen LogP contribution is 2.29. The molecule has 3 aromatic rings. The van der Waals surface area contributed by atoms with Crippen molar-refractivity contribution in [1.29, 1.82) is 0 Å². The fourth-order valence-corrected chi connectivity index (χ4v) is 4.72. The first kappa shape index (κ1) is 23.5. The van der Waals surface area contributed by atoms with Crippen molar-refractivity contribution in [3.8, 4) is 17.1 Å². The maximum atomic E-state index is 12.8. The second-order valence-electron chi connectivity index (χ2n) is 8.07. The smallest absolute Gasteiger partial charge is 0.221 e. The summed E-state index contributed by atoms with van der Waals surface area (Å²) < 4.78 is 7.56. The van der Waals surface area contributed by atoms with Gasteiger partial charge in [0.05, 0.1) is 13.2 Å². The number of carbonyl (C=O) groups excluding carboxylic acids is 1. The summed E-state index contributed by atoms with van der Waals surface area (Å²) in [6.07, 6.45) is 2.63. The summed E-state index contributed by atoms with van der Waals surface area (Å²) in [6.45, 7) is 2.98. The Morgan fingerprint density at radius 2 is 1.94 bits per heavy atom. The Kier molecular flexibility index (Phi) is 7.80. The van der Waals surface area contributed by atoms with E-state index in [1.54, 1.807) is 7.11 Å². The van der Waals surface area contributed by atoms with E-state index < -0.39 is 0 Å². The number of H-pyrrole nitrogens is 1. The molecule has 1 fully saturated rings. The molecule has 2 aromatic carbocycles. The van der Waals surface area contributed by atoms with Gasteiger partial charge in [0.1, 0.15) is 5.75 Å². The monoisotopic (exact) mass is 485 g/mol. The van der Waals surface area contributed by atoms with Crippen LogP contribution in [0.4, 0.5) is 0 Å². The van der Waals surface area contributed by atoms with Crippen LogP contribution in [0, 0.1) is 4.77 Å². The number of nitrogens with one attached hydrogen (secondary N) is 2. The lowest BCUT2D eigenvalue weighted by Crippen LogP contribution is -2.37. The molecular formula is C24H28ClN5O2S. The Balaban J connectivity index is 1.40. The number of carbonyl (C=O) groups is 1. The predicted molar refractivity (Wildman–Crippen MR) is 132 cm³/mol. The SMILES string of the molecule is COc1ccc(-c2n[nH]c(=S)n2CCC(=O)NC[C@H](c2ccccc2Cl)N2CCCC2)cc1. The maximum Gasteiger partial charge on any atom is 0.221 e. The number of likely N-dealkylation sites (tertiary alicyclic amines) is 1. The molecule has 0 aliphatic carbocycles. The van der Waals surface area contributed by atoms with Crippen LogP contribution in [-0.4, -0.2) is 52.3 Å². The molecule has 0 spiro atoms. The molecule has 0 saturated carbocycles. The third-order valence-electron chi connectivity index (χ3n) is 6.01. The van der Waals surface area contributed by atoms with Crippen molar-refractivity contribution in [1.82, 2.24) is 25.0 Å². The summed E-state index contributed by atoms with van der Waals surface area (Å²) in [7, 11) is 1.63. The highest BCUT2D eigenvalue weighted by molar-refractivity contribution is 7.71. The van der Waals surface area contributed by atoms with Crippen LogP contribution in [0.25, 0.3) is 11.4 Å². The topological polar surface area (TPSA) is 75.2 Å². The molecule has 4 rings (SSSR count). The van der Waals surface area contributed by atoms with Crippen molar-refractivity contribution < 1.29 is 9.53 Å². The normalized spacial score (nSPS) is 14.8. The highest BCUT2D eigenvalue weighted by Gasteiger charge is 2.25. The zero-order chi connectivity index (χ0) is 23.2. The fourth-order valence-electron chi connectivity index (χ4n) is 4.23. The highest BCUT2D eigenvalue weighted by atomic mass is 35.5. The lowest BCUT2D eigenvalue weighted by atomic mass is 10.1. The first-order valence-corrected chi connectivity index (χ1v) is 11.9. The van der Waals surface area contributed by atoms with Crippen LogP contribution in [0.2, 0.25) is 5.02 Å². The van der Waals surface area contributed by atoms with Crippen LogP contribution in [0.5, 0.6) is 5.75 Å². The number of aromatic nitrogens is 3. The van der Waals surface area contributed by atoms with Crippen LogP contribution in [0.1, 0.15) is 30.9 Å². The van der Waals surface area contributed by atoms with Crippen molar-refractivity contribution in [3.63, 3.8) is 0 Å². The van der Waals surface area contributed by atoms with Gasteiger partial charge in [0.25, 0.3) is 0 Å². The number of ether oxygens (including phenoxy) is 1. The molecule has 0 unspecified atom stereocenters. The van der Waals surface area contributed by atoms with E-state index in [0.717, 1.165) is 35.0 Å². The molecule has 1 aliphatic heterocycles. The van der Waals surface area contributed by atoms with E-state index in [1.165, 1.54) is 12.8 Å². The minimum Gasteiger partial charge on any atom is -0.497 e. The Morgan fingerprint density at radius 3 is 2.64 bits per heavy atom. The molecule has 7 nitrogen and oxygen atoms in total. The van der Waals surface area contributed by atoms with Crippen LogP contribution >= 0.6 is 23.8 Å². The first-order valence-electron chi connectivity index (χ1n) is 11.1. The van der Waals surface area contributed by atoms with Gasteiger partial charge in [-0.3, -0.25) is 19.4 Å². The van der Waals surface area contributed by atoms with Crippen LogP contribution in [0.3, 0.4) is 0 Å². The number of aromatic amines is 1. The number of rotatable bonds is 9. The Bertz CT molecular complexity index is 1140. The van der Waals surface area contributed by atoms with Gasteiger partial charge in [0.15, 0.2) is 10.6 Å². The average molecular weight is 486 g/mol. The van der Waals surface area contributed by atoms with E-state index in [4.69, 9.17) is 28.6 Å². The van der Waals surface area contributed by atoms with Crippen molar-refractivity contribution in [2.75, 3.05) is 26.7 Å². The van der Waals surface area contributed by atoms with Crippen molar-refractivity contribution in [2.45, 2.75) is 31.8 Å². The molecule has 174 valence electrons. The number of nitrogens with zero attached hydrogens (tertiary/aromatic N) is 3. The van der Waals surface area contributed by atoms with Crippen molar-refractivity contribution in [2.24, 2.45) is 0 Å². The molecule has 9 heteroatoms. The summed E-state index contributed by atoms with van der Waals surface area (Å²) in [6, 6.07) is 15.5. The van der Waals surface area contributed by atoms with Gasteiger partial charge >= 0.3 is 0 Å². The number of hydrogen-bond acceptors (Lipinski definition) is 5. The van der Waals surface area contributed by atoms with Gasteiger partial charge in [-0.05, 0) is 74.0 Å². The average Bonchev–Trinajstić information content (AvgIpc) is 3.49. The summed E-state index contributed by atoms with van der Waals surface area (Å²) in [4.78, 5) is 15.2. The number of halogens is 1. The van der Waals surface area contributed by atoms with Gasteiger partial charge < -0.3 is 10.1 Å². The number of hydrogen-bond donors (Lipinski definition) is 2. The first-order chi connectivity index (χ1) is 16.1. The van der Waals surface area contributed by atoms with Gasteiger partial charge in [-0.2, -0.15) is 5.10 Å². The molecule has 33 heavy (non-hydrogen) atoms. The van der Waals surface area contributed by atoms with Crippen LogP contribution in [-0.2, 0) is 11.3 Å². The Labute approximate surface area is 203 Å². The molecule has 0 radical (unpaired) electrons. The second-order valence-corrected chi connectivity index (χ2v) is 8.86. The molecule has 1 saturated heterocycles. The van der Waals surface area contributed by atoms with Crippen LogP contribution in [0.15, 0.2) is 48.5 Å². The zero-order valence-electron chi connectivity index (χ0n) is 18.6. The van der Waals surface area contributed by atoms with E-state index >= 15 is 0 Å². The van der Waals surface area contributed by atoms with Gasteiger partial charge in [-0.15, -0.1) is 0 Å². The minimum atomic E-state index is -0.0324. The summed E-state index contributed by atoms with van der Waals surface area (Å²) in [5.74, 6) is 1.43. The van der Waals surface area contributed by atoms with Crippen LogP contribution < -0.4 is 10.1 Å². The molecule has 2 heterocycles. The molecule has 1 atom stereocenters. The third kappa shape index (κ3) is 5.63. The summed E-state index contributed by atoms with van der Waals surface area (Å²) >= 11 is 11.9. The molecule has 2 N–H and O–H groups in total. The molecule has 1 amide bonds. The zero-order valence-corrected chi connectivity index (χ0v) is 20.2. The second kappa shape index (κ2) is 11.0. The molecule has 1 aliphatic rings. The largest absolute Gasteiger partial charge is 0.497 e. The van der Waals surface area contributed by atoms with Crippen molar-refractivity contribution in [3.05, 3.63) is 63.9 Å². The fraction of sp³-hybridized carbons (Fsp3) is 0.375. The standard InChI is InChI=1S/C24H28ClN5O2S/c1-32-18-10-8-17(9-11-18)23-27-28-24(33)30(23)15-12-22(31)26-16-21(29-13-4-5-14-29)19-6-2-3-7-20(19)25/h2-3,6-11,21H,4-5,12-16H2,1H3,(H,26,31)(H,28,33)/t21-/m1/s1. The summed E-state index contributed by atoms with van der Waals surface area (Å²) in [5.41, 5.74) is 1.96. The summed E-state index contributed by atoms with van der Waals surface area (Å²) in [5, 5.41) is 11.0. The van der Waals surface area contributed by atoms with Gasteiger partial charge in [-0.25, -0.2) is 0 Å². The molecular weight excluding hydrogens is 458 g/mol. The van der Waals surface area contributed by atoms with Gasteiger partial charge in [0.2, 0.25) is 5.91 Å². The quantitative estimate of drug-likeness (QED) is 0.433. The van der Waals surface area contributed by atoms with E-state index in [9.17, 15) is 4.79 Å². The Hall–Kier alpha value is -2.68. The lowest BCUT2D eigenvalue weighted by molar-refractivity contribution is -0.121. The number of amides is 1. The maximum absolute atomic E-state index is 12.8. The van der Waals surface area contributed by atoms with Gasteiger partial charge in [0, 0.05) is 30.1 Å². The van der Waals surface area contributed by atoms with Crippen molar-refractivity contribution >= 4 is 29.7 Å². The lowest BCUT2D eigenvalue weighted by Gasteiger charge is -2.29. The number of benzene rings is 2. The van der Waals surface area contributed by atoms with E-state index in [2.05, 4.69) is 20.4 Å². The number of methoxy groups -OCH3 is 1. The van der Waals surface area contributed by atoms with E-state index in [1.807, 2.05) is 53.1 Å². The Morgan fingerprint density at radius 1 is 1.21 bits per heavy atom.